The molecule has 9 heteroatoms. The fourth-order valence-corrected chi connectivity index (χ4v) is 2.78. The van der Waals surface area contributed by atoms with Crippen LogP contribution in [-0.4, -0.2) is 57.6 Å². The number of pyridine rings is 1. The molecule has 2 aromatic rings. The molecule has 1 fully saturated rings. The van der Waals surface area contributed by atoms with E-state index in [0.717, 1.165) is 12.8 Å². The highest BCUT2D eigenvalue weighted by Crippen LogP contribution is 2.17. The first kappa shape index (κ1) is 17.2. The summed E-state index contributed by atoms with van der Waals surface area (Å²) in [6, 6.07) is 3.36. The van der Waals surface area contributed by atoms with E-state index in [1.54, 1.807) is 16.6 Å². The van der Waals surface area contributed by atoms with Crippen LogP contribution in [0.5, 0.6) is 0 Å². The van der Waals surface area contributed by atoms with E-state index >= 15 is 0 Å². The molecule has 1 aliphatic heterocycles. The molecular weight excluding hydrogens is 324 g/mol. The highest BCUT2D eigenvalue weighted by atomic mass is 16.5. The van der Waals surface area contributed by atoms with E-state index < -0.39 is 5.97 Å². The largest absolute Gasteiger partial charge is 0.462 e. The van der Waals surface area contributed by atoms with Gasteiger partial charge in [-0.2, -0.15) is 4.98 Å². The third-order valence-electron chi connectivity index (χ3n) is 4.06. The molecule has 1 amide bonds. The van der Waals surface area contributed by atoms with E-state index in [9.17, 15) is 9.59 Å². The Morgan fingerprint density at radius 1 is 1.44 bits per heavy atom. The molecule has 134 valence electrons. The predicted octanol–water partition coefficient (Wildman–Crippen LogP) is 0.200. The standard InChI is InChI=1S/C16H22N6O3/c1-2-3-8-25-15(24)11-4-5-13-19-16(17)20-22(13)12(11)9-21-7-6-18-14(23)10-21/h4-5H,2-3,6-10H2,1H3,(H2,17,20)(H,18,23). The highest BCUT2D eigenvalue weighted by Gasteiger charge is 2.23. The summed E-state index contributed by atoms with van der Waals surface area (Å²) < 4.78 is 6.90. The first-order chi connectivity index (χ1) is 12.1. The van der Waals surface area contributed by atoms with Gasteiger partial charge in [-0.05, 0) is 18.6 Å². The van der Waals surface area contributed by atoms with Crippen molar-refractivity contribution < 1.29 is 14.3 Å². The molecule has 0 saturated carbocycles. The summed E-state index contributed by atoms with van der Waals surface area (Å²) in [5, 5.41) is 6.97. The quantitative estimate of drug-likeness (QED) is 0.567. The molecule has 1 saturated heterocycles. The number of esters is 1. The van der Waals surface area contributed by atoms with Crippen LogP contribution in [0.15, 0.2) is 12.1 Å². The van der Waals surface area contributed by atoms with Gasteiger partial charge in [-0.25, -0.2) is 9.31 Å². The Morgan fingerprint density at radius 3 is 3.04 bits per heavy atom. The monoisotopic (exact) mass is 346 g/mol. The Balaban J connectivity index is 1.92. The number of unbranched alkanes of at least 4 members (excludes halogenated alkanes) is 1. The van der Waals surface area contributed by atoms with Gasteiger partial charge in [0.25, 0.3) is 0 Å². The summed E-state index contributed by atoms with van der Waals surface area (Å²) in [5.74, 6) is -0.307. The number of carbonyl (C=O) groups excluding carboxylic acids is 2. The van der Waals surface area contributed by atoms with Crippen molar-refractivity contribution in [3.63, 3.8) is 0 Å². The fourth-order valence-electron chi connectivity index (χ4n) is 2.78. The molecule has 3 N–H and O–H groups in total. The molecule has 0 aliphatic carbocycles. The summed E-state index contributed by atoms with van der Waals surface area (Å²) in [5.41, 5.74) is 7.30. The number of ether oxygens (including phenoxy) is 1. The van der Waals surface area contributed by atoms with Crippen molar-refractivity contribution in [3.8, 4) is 0 Å². The maximum absolute atomic E-state index is 12.5. The zero-order valence-electron chi connectivity index (χ0n) is 14.2. The normalized spacial score (nSPS) is 15.3. The molecule has 0 unspecified atom stereocenters. The van der Waals surface area contributed by atoms with Crippen LogP contribution in [0.4, 0.5) is 5.95 Å². The number of anilines is 1. The predicted molar refractivity (Wildman–Crippen MR) is 90.9 cm³/mol. The lowest BCUT2D eigenvalue weighted by Crippen LogP contribution is -2.47. The van der Waals surface area contributed by atoms with E-state index in [1.165, 1.54) is 0 Å². The Labute approximate surface area is 145 Å². The van der Waals surface area contributed by atoms with Gasteiger partial charge in [0.2, 0.25) is 11.9 Å². The fraction of sp³-hybridized carbons (Fsp3) is 0.500. The molecule has 0 radical (unpaired) electrons. The van der Waals surface area contributed by atoms with Crippen LogP contribution < -0.4 is 11.1 Å². The first-order valence-electron chi connectivity index (χ1n) is 8.38. The van der Waals surface area contributed by atoms with E-state index in [4.69, 9.17) is 10.5 Å². The Bertz CT molecular complexity index is 788. The molecule has 9 nitrogen and oxygen atoms in total. The number of nitrogen functional groups attached to an aromatic ring is 1. The van der Waals surface area contributed by atoms with Crippen molar-refractivity contribution in [3.05, 3.63) is 23.4 Å². The number of nitrogens with zero attached hydrogens (tertiary/aromatic N) is 4. The van der Waals surface area contributed by atoms with Gasteiger partial charge in [-0.1, -0.05) is 13.3 Å². The topological polar surface area (TPSA) is 115 Å². The molecule has 2 aromatic heterocycles. The van der Waals surface area contributed by atoms with Gasteiger partial charge in [-0.3, -0.25) is 9.69 Å². The number of nitrogens with one attached hydrogen (secondary N) is 1. The Morgan fingerprint density at radius 2 is 2.28 bits per heavy atom. The minimum atomic E-state index is -0.402. The first-order valence-corrected chi connectivity index (χ1v) is 8.38. The number of carbonyl (C=O) groups is 2. The van der Waals surface area contributed by atoms with Crippen LogP contribution in [0, 0.1) is 0 Å². The summed E-state index contributed by atoms with van der Waals surface area (Å²) >= 11 is 0. The lowest BCUT2D eigenvalue weighted by molar-refractivity contribution is -0.124. The number of fused-ring (bicyclic) bond motifs is 1. The van der Waals surface area contributed by atoms with Crippen LogP contribution in [0.3, 0.4) is 0 Å². The summed E-state index contributed by atoms with van der Waals surface area (Å²) in [6.45, 7) is 4.32. The highest BCUT2D eigenvalue weighted by molar-refractivity contribution is 5.91. The van der Waals surface area contributed by atoms with Crippen LogP contribution in [0.1, 0.15) is 35.8 Å². The van der Waals surface area contributed by atoms with E-state index in [0.29, 0.717) is 43.1 Å². The third kappa shape index (κ3) is 3.87. The van der Waals surface area contributed by atoms with Gasteiger partial charge in [-0.15, -0.1) is 5.10 Å². The van der Waals surface area contributed by atoms with E-state index in [2.05, 4.69) is 15.4 Å². The van der Waals surface area contributed by atoms with Crippen LogP contribution in [0.2, 0.25) is 0 Å². The van der Waals surface area contributed by atoms with Gasteiger partial charge in [0.1, 0.15) is 0 Å². The van der Waals surface area contributed by atoms with Gasteiger partial charge in [0.15, 0.2) is 5.65 Å². The lowest BCUT2D eigenvalue weighted by Gasteiger charge is -2.27. The number of aromatic nitrogens is 3. The van der Waals surface area contributed by atoms with Gasteiger partial charge in [0.05, 0.1) is 24.4 Å². The third-order valence-corrected chi connectivity index (χ3v) is 4.06. The van der Waals surface area contributed by atoms with E-state index in [-0.39, 0.29) is 18.4 Å². The molecule has 1 aliphatic rings. The second-order valence-electron chi connectivity index (χ2n) is 5.98. The lowest BCUT2D eigenvalue weighted by atomic mass is 10.1. The van der Waals surface area contributed by atoms with Crippen molar-refractivity contribution in [2.24, 2.45) is 0 Å². The molecule has 0 bridgehead atoms. The maximum atomic E-state index is 12.5. The maximum Gasteiger partial charge on any atom is 0.340 e. The zero-order valence-corrected chi connectivity index (χ0v) is 14.2. The number of rotatable bonds is 6. The zero-order chi connectivity index (χ0) is 17.8. The second kappa shape index (κ2) is 7.47. The Kier molecular flexibility index (Phi) is 5.13. The number of hydrogen-bond donors (Lipinski definition) is 2. The number of piperazine rings is 1. The van der Waals surface area contributed by atoms with Crippen molar-refractivity contribution >= 4 is 23.5 Å². The summed E-state index contributed by atoms with van der Waals surface area (Å²) in [7, 11) is 0. The smallest absolute Gasteiger partial charge is 0.340 e. The minimum Gasteiger partial charge on any atom is -0.462 e. The molecule has 0 atom stereocenters. The molecule has 3 heterocycles. The van der Waals surface area contributed by atoms with Crippen molar-refractivity contribution in [2.75, 3.05) is 32.0 Å². The van der Waals surface area contributed by atoms with Crippen molar-refractivity contribution in [1.29, 1.82) is 0 Å². The summed E-state index contributed by atoms with van der Waals surface area (Å²) in [4.78, 5) is 30.2. The van der Waals surface area contributed by atoms with Gasteiger partial charge >= 0.3 is 5.97 Å². The van der Waals surface area contributed by atoms with Crippen molar-refractivity contribution in [2.45, 2.75) is 26.3 Å². The number of hydrogen-bond acceptors (Lipinski definition) is 7. The molecule has 25 heavy (non-hydrogen) atoms. The van der Waals surface area contributed by atoms with Gasteiger partial charge in [0, 0.05) is 19.6 Å². The van der Waals surface area contributed by atoms with Crippen LogP contribution in [-0.2, 0) is 16.1 Å². The second-order valence-corrected chi connectivity index (χ2v) is 5.98. The van der Waals surface area contributed by atoms with Crippen LogP contribution in [0.25, 0.3) is 5.65 Å². The molecule has 0 spiro atoms. The number of nitrogens with two attached hydrogens (primary N) is 1. The van der Waals surface area contributed by atoms with Crippen molar-refractivity contribution in [1.82, 2.24) is 24.8 Å². The average Bonchev–Trinajstić information content (AvgIpc) is 2.96. The average molecular weight is 346 g/mol. The number of amides is 1. The summed E-state index contributed by atoms with van der Waals surface area (Å²) in [6.07, 6.45) is 1.76. The SMILES string of the molecule is CCCCOC(=O)c1ccc2nc(N)nn2c1CN1CCNC(=O)C1. The van der Waals surface area contributed by atoms with Gasteiger partial charge < -0.3 is 15.8 Å². The Hall–Kier alpha value is -2.68. The minimum absolute atomic E-state index is 0.0383. The van der Waals surface area contributed by atoms with Crippen LogP contribution >= 0.6 is 0 Å². The molecule has 3 rings (SSSR count). The molecule has 0 aromatic carbocycles. The molecular formula is C16H22N6O3. The van der Waals surface area contributed by atoms with E-state index in [1.807, 2.05) is 11.8 Å².